The molecule has 1 aromatic carbocycles. The van der Waals surface area contributed by atoms with Crippen molar-refractivity contribution >= 4 is 38.0 Å². The second kappa shape index (κ2) is 6.87. The summed E-state index contributed by atoms with van der Waals surface area (Å²) >= 11 is 6.83. The van der Waals surface area contributed by atoms with Crippen molar-refractivity contribution in [2.24, 2.45) is 0 Å². The third-order valence-electron chi connectivity index (χ3n) is 5.07. The Morgan fingerprint density at radius 2 is 1.71 bits per heavy atom. The third kappa shape index (κ3) is 3.94. The molecule has 2 unspecified atom stereocenters. The molecule has 2 aliphatic rings. The lowest BCUT2D eigenvalue weighted by atomic mass is 9.98. The molecule has 1 heterocycles. The van der Waals surface area contributed by atoms with Gasteiger partial charge in [-0.2, -0.15) is 13.2 Å². The van der Waals surface area contributed by atoms with Crippen molar-refractivity contribution in [1.29, 1.82) is 0 Å². The predicted molar refractivity (Wildman–Crippen MR) is 106 cm³/mol. The molecular formula is C19H22Br2F3NO3. The first-order valence-corrected chi connectivity index (χ1v) is 10.4. The lowest BCUT2D eigenvalue weighted by Gasteiger charge is -2.32. The van der Waals surface area contributed by atoms with Crippen LogP contribution in [0.25, 0.3) is 0 Å². The van der Waals surface area contributed by atoms with Crippen LogP contribution in [0.4, 0.5) is 18.0 Å². The van der Waals surface area contributed by atoms with Crippen LogP contribution in [-0.4, -0.2) is 43.7 Å². The summed E-state index contributed by atoms with van der Waals surface area (Å²) in [6.45, 7) is 4.23. The first kappa shape index (κ1) is 21.9. The Morgan fingerprint density at radius 1 is 1.14 bits per heavy atom. The van der Waals surface area contributed by atoms with E-state index in [2.05, 4.69) is 31.9 Å². The second-order valence-corrected chi connectivity index (χ2v) is 12.2. The van der Waals surface area contributed by atoms with E-state index in [1.54, 1.807) is 51.1 Å². The molecule has 0 radical (unpaired) electrons. The van der Waals surface area contributed by atoms with Crippen molar-refractivity contribution in [3.05, 3.63) is 35.9 Å². The van der Waals surface area contributed by atoms with E-state index >= 15 is 0 Å². The van der Waals surface area contributed by atoms with E-state index in [0.717, 1.165) is 0 Å². The molecular weight excluding hydrogens is 507 g/mol. The van der Waals surface area contributed by atoms with Crippen molar-refractivity contribution < 1.29 is 27.4 Å². The van der Waals surface area contributed by atoms with Crippen molar-refractivity contribution in [3.63, 3.8) is 0 Å². The summed E-state index contributed by atoms with van der Waals surface area (Å²) in [5.74, 6) is 0. The Morgan fingerprint density at radius 3 is 2.18 bits per heavy atom. The maximum Gasteiger partial charge on any atom is 0.419 e. The molecule has 1 aliphatic carbocycles. The van der Waals surface area contributed by atoms with Crippen LogP contribution in [0.2, 0.25) is 0 Å². The van der Waals surface area contributed by atoms with E-state index in [0.29, 0.717) is 12.0 Å². The van der Waals surface area contributed by atoms with Gasteiger partial charge in [0.15, 0.2) is 5.60 Å². The van der Waals surface area contributed by atoms with Gasteiger partial charge in [-0.3, -0.25) is 4.90 Å². The highest BCUT2D eigenvalue weighted by Crippen LogP contribution is 2.70. The fraction of sp³-hybridized carbons (Fsp3) is 0.632. The third-order valence-corrected chi connectivity index (χ3v) is 7.10. The number of carbonyl (C=O) groups excluding carboxylic acids is 1. The number of benzene rings is 1. The van der Waals surface area contributed by atoms with Crippen LogP contribution in [-0.2, 0) is 16.1 Å². The lowest BCUT2D eigenvalue weighted by Crippen LogP contribution is -2.50. The van der Waals surface area contributed by atoms with E-state index in [1.807, 2.05) is 0 Å². The summed E-state index contributed by atoms with van der Waals surface area (Å²) in [5, 5.41) is 0. The van der Waals surface area contributed by atoms with Crippen LogP contribution in [0, 0.1) is 0 Å². The molecule has 1 amide bonds. The Labute approximate surface area is 179 Å². The molecule has 28 heavy (non-hydrogen) atoms. The van der Waals surface area contributed by atoms with Crippen LogP contribution in [0.15, 0.2) is 30.3 Å². The van der Waals surface area contributed by atoms with Crippen LogP contribution in [0.1, 0.15) is 39.2 Å². The number of carbonyl (C=O) groups is 1. The lowest BCUT2D eigenvalue weighted by molar-refractivity contribution is -0.276. The number of hydrogen-bond acceptors (Lipinski definition) is 3. The van der Waals surface area contributed by atoms with E-state index in [1.165, 1.54) is 4.90 Å². The Bertz CT molecular complexity index is 751. The fourth-order valence-electron chi connectivity index (χ4n) is 3.56. The smallest absolute Gasteiger partial charge is 0.419 e. The van der Waals surface area contributed by atoms with Crippen molar-refractivity contribution in [2.75, 3.05) is 6.54 Å². The van der Waals surface area contributed by atoms with Gasteiger partial charge in [-0.15, -0.1) is 0 Å². The maximum atomic E-state index is 14.2. The highest BCUT2D eigenvalue weighted by Gasteiger charge is 2.80. The summed E-state index contributed by atoms with van der Waals surface area (Å²) in [4.78, 5) is 13.9. The number of nitrogens with zero attached hydrogens (tertiary/aromatic N) is 1. The van der Waals surface area contributed by atoms with Gasteiger partial charge in [0.1, 0.15) is 8.83 Å². The first-order chi connectivity index (χ1) is 12.7. The largest absolute Gasteiger partial charge is 0.444 e. The number of amides is 1. The van der Waals surface area contributed by atoms with Crippen molar-refractivity contribution in [2.45, 2.75) is 66.4 Å². The van der Waals surface area contributed by atoms with Gasteiger partial charge < -0.3 is 9.47 Å². The summed E-state index contributed by atoms with van der Waals surface area (Å²) < 4.78 is 52.6. The maximum absolute atomic E-state index is 14.2. The number of likely N-dealkylation sites (tertiary alicyclic amines) is 1. The standard InChI is InChI=1S/C19H22Br2F3NO3/c1-15(2,3)28-14(26)25-12-17(19(22,23)24,10-16(25)11-18(16,20)21)27-9-13-7-5-4-6-8-13/h4-8H,9-12H2,1-3H3. The predicted octanol–water partition coefficient (Wildman–Crippen LogP) is 5.77. The fourth-order valence-corrected chi connectivity index (χ4v) is 5.19. The average molecular weight is 529 g/mol. The summed E-state index contributed by atoms with van der Waals surface area (Å²) in [6.07, 6.45) is -5.47. The van der Waals surface area contributed by atoms with Crippen molar-refractivity contribution in [3.8, 4) is 0 Å². The number of hydrogen-bond donors (Lipinski definition) is 0. The molecule has 1 aliphatic heterocycles. The minimum Gasteiger partial charge on any atom is -0.444 e. The molecule has 0 aromatic heterocycles. The molecule has 0 N–H and O–H groups in total. The van der Waals surface area contributed by atoms with Gasteiger partial charge in [-0.05, 0) is 26.3 Å². The van der Waals surface area contributed by atoms with Gasteiger partial charge >= 0.3 is 12.3 Å². The summed E-state index contributed by atoms with van der Waals surface area (Å²) in [5.41, 5.74) is -3.72. The van der Waals surface area contributed by atoms with E-state index < -0.39 is 38.8 Å². The van der Waals surface area contributed by atoms with Gasteiger partial charge in [-0.1, -0.05) is 62.2 Å². The van der Waals surface area contributed by atoms with E-state index in [-0.39, 0.29) is 13.0 Å². The zero-order valence-electron chi connectivity index (χ0n) is 15.8. The molecule has 2 fully saturated rings. The number of rotatable bonds is 3. The van der Waals surface area contributed by atoms with Gasteiger partial charge in [0, 0.05) is 12.8 Å². The highest BCUT2D eigenvalue weighted by molar-refractivity contribution is 9.25. The highest BCUT2D eigenvalue weighted by atomic mass is 79.9. The molecule has 3 rings (SSSR count). The molecule has 1 spiro atoms. The van der Waals surface area contributed by atoms with Gasteiger partial charge in [0.2, 0.25) is 0 Å². The summed E-state index contributed by atoms with van der Waals surface area (Å²) in [6, 6.07) is 8.68. The van der Waals surface area contributed by atoms with Gasteiger partial charge in [0.05, 0.1) is 18.7 Å². The molecule has 2 atom stereocenters. The molecule has 1 saturated carbocycles. The molecule has 1 aromatic rings. The second-order valence-electron chi connectivity index (χ2n) is 8.42. The Balaban J connectivity index is 1.90. The first-order valence-electron chi connectivity index (χ1n) is 8.85. The van der Waals surface area contributed by atoms with Gasteiger partial charge in [-0.25, -0.2) is 4.79 Å². The molecule has 0 bridgehead atoms. The minimum absolute atomic E-state index is 0.198. The molecule has 1 saturated heterocycles. The van der Waals surface area contributed by atoms with Crippen molar-refractivity contribution in [1.82, 2.24) is 4.90 Å². The SMILES string of the molecule is CC(C)(C)OC(=O)N1CC(OCc2ccccc2)(C(F)(F)F)CC12CC2(Br)Br. The van der Waals surface area contributed by atoms with Crippen LogP contribution in [0.5, 0.6) is 0 Å². The molecule has 4 nitrogen and oxygen atoms in total. The number of alkyl halides is 5. The van der Waals surface area contributed by atoms with Crippen LogP contribution in [0.3, 0.4) is 0 Å². The normalized spacial score (nSPS) is 29.2. The zero-order valence-corrected chi connectivity index (χ0v) is 18.9. The van der Waals surface area contributed by atoms with E-state index in [4.69, 9.17) is 9.47 Å². The zero-order chi connectivity index (χ0) is 21.0. The average Bonchev–Trinajstić information content (AvgIpc) is 2.92. The van der Waals surface area contributed by atoms with Crippen LogP contribution >= 0.6 is 31.9 Å². The quantitative estimate of drug-likeness (QED) is 0.467. The Kier molecular flexibility index (Phi) is 5.38. The number of ether oxygens (including phenoxy) is 2. The minimum atomic E-state index is -4.65. The monoisotopic (exact) mass is 527 g/mol. The Hall–Kier alpha value is -0.800. The molecule has 156 valence electrons. The molecule has 9 heteroatoms. The summed E-state index contributed by atoms with van der Waals surface area (Å²) in [7, 11) is 0. The van der Waals surface area contributed by atoms with Crippen LogP contribution < -0.4 is 0 Å². The van der Waals surface area contributed by atoms with E-state index in [9.17, 15) is 18.0 Å². The number of halogens is 5. The topological polar surface area (TPSA) is 38.8 Å². The van der Waals surface area contributed by atoms with Gasteiger partial charge in [0.25, 0.3) is 0 Å².